The van der Waals surface area contributed by atoms with Gasteiger partial charge in [0.2, 0.25) is 0 Å². The number of nitrogens with one attached hydrogen (secondary N) is 1. The lowest BCUT2D eigenvalue weighted by molar-refractivity contribution is -0.120. The minimum absolute atomic E-state index is 0.212. The summed E-state index contributed by atoms with van der Waals surface area (Å²) >= 11 is 0. The smallest absolute Gasteiger partial charge is 0.265 e. The summed E-state index contributed by atoms with van der Waals surface area (Å²) < 4.78 is 22.0. The average Bonchev–Trinajstić information content (AvgIpc) is 2.73. The zero-order valence-corrected chi connectivity index (χ0v) is 15.4. The summed E-state index contributed by atoms with van der Waals surface area (Å²) in [6.45, 7) is 3.65. The van der Waals surface area contributed by atoms with Gasteiger partial charge in [0.15, 0.2) is 29.6 Å². The van der Waals surface area contributed by atoms with E-state index < -0.39 is 0 Å². The Morgan fingerprint density at radius 1 is 0.929 bits per heavy atom. The van der Waals surface area contributed by atoms with Gasteiger partial charge >= 0.3 is 0 Å². The van der Waals surface area contributed by atoms with Crippen molar-refractivity contribution >= 4 is 17.3 Å². The van der Waals surface area contributed by atoms with E-state index >= 15 is 0 Å². The second-order valence-electron chi connectivity index (χ2n) is 6.22. The second-order valence-corrected chi connectivity index (χ2v) is 6.22. The summed E-state index contributed by atoms with van der Waals surface area (Å²) in [4.78, 5) is 17.3. The summed E-state index contributed by atoms with van der Waals surface area (Å²) in [5.74, 6) is 2.34. The molecule has 2 aliphatic rings. The first-order chi connectivity index (χ1) is 13.7. The zero-order valence-electron chi connectivity index (χ0n) is 15.4. The fraction of sp³-hybridized carbons (Fsp3) is 0.300. The van der Waals surface area contributed by atoms with Crippen LogP contribution in [0.15, 0.2) is 41.6 Å². The van der Waals surface area contributed by atoms with Crippen molar-refractivity contribution in [2.24, 2.45) is 5.16 Å². The van der Waals surface area contributed by atoms with Crippen LogP contribution in [0.3, 0.4) is 0 Å². The lowest BCUT2D eigenvalue weighted by Gasteiger charge is -2.19. The third-order valence-corrected chi connectivity index (χ3v) is 4.18. The lowest BCUT2D eigenvalue weighted by atomic mass is 10.1. The van der Waals surface area contributed by atoms with Crippen LogP contribution < -0.4 is 24.3 Å². The number of carbonyl (C=O) groups is 1. The Balaban J connectivity index is 1.32. The van der Waals surface area contributed by atoms with Crippen LogP contribution in [-0.4, -0.2) is 44.7 Å². The molecular formula is C20H20N2O6. The molecular weight excluding hydrogens is 364 g/mol. The third-order valence-electron chi connectivity index (χ3n) is 4.18. The van der Waals surface area contributed by atoms with Gasteiger partial charge in [-0.2, -0.15) is 0 Å². The van der Waals surface area contributed by atoms with Gasteiger partial charge in [0.05, 0.1) is 5.71 Å². The van der Waals surface area contributed by atoms with Crippen molar-refractivity contribution in [3.8, 4) is 23.0 Å². The molecule has 0 spiro atoms. The highest BCUT2D eigenvalue weighted by molar-refractivity contribution is 5.99. The van der Waals surface area contributed by atoms with Gasteiger partial charge in [-0.15, -0.1) is 0 Å². The number of hydrogen-bond donors (Lipinski definition) is 1. The van der Waals surface area contributed by atoms with Crippen molar-refractivity contribution in [1.29, 1.82) is 0 Å². The van der Waals surface area contributed by atoms with Gasteiger partial charge in [-0.1, -0.05) is 5.16 Å². The topological polar surface area (TPSA) is 87.6 Å². The molecule has 2 aliphatic heterocycles. The van der Waals surface area contributed by atoms with E-state index in [2.05, 4.69) is 10.5 Å². The van der Waals surface area contributed by atoms with Gasteiger partial charge < -0.3 is 29.1 Å². The van der Waals surface area contributed by atoms with E-state index in [-0.39, 0.29) is 12.5 Å². The maximum atomic E-state index is 12.1. The van der Waals surface area contributed by atoms with Crippen molar-refractivity contribution in [3.63, 3.8) is 0 Å². The Morgan fingerprint density at radius 2 is 1.54 bits per heavy atom. The normalized spacial score (nSPS) is 15.0. The number of amides is 1. The lowest BCUT2D eigenvalue weighted by Crippen LogP contribution is -2.19. The molecule has 1 amide bonds. The van der Waals surface area contributed by atoms with E-state index in [1.54, 1.807) is 25.1 Å². The van der Waals surface area contributed by atoms with Crippen molar-refractivity contribution in [2.75, 3.05) is 38.4 Å². The van der Waals surface area contributed by atoms with Crippen LogP contribution in [0.25, 0.3) is 0 Å². The molecule has 146 valence electrons. The maximum Gasteiger partial charge on any atom is 0.265 e. The minimum atomic E-state index is -0.324. The Bertz CT molecular complexity index is 912. The Morgan fingerprint density at radius 3 is 2.25 bits per heavy atom. The number of benzene rings is 2. The molecule has 0 aromatic heterocycles. The molecule has 0 atom stereocenters. The molecule has 8 nitrogen and oxygen atoms in total. The fourth-order valence-corrected chi connectivity index (χ4v) is 2.83. The SMILES string of the molecule is C/C(=N\OCC(=O)Nc1ccc2c(c1)OCCO2)c1ccc2c(c1)OCCO2. The molecule has 0 saturated heterocycles. The number of hydrogen-bond acceptors (Lipinski definition) is 7. The summed E-state index contributed by atoms with van der Waals surface area (Å²) in [5.41, 5.74) is 2.06. The van der Waals surface area contributed by atoms with Crippen LogP contribution in [0.1, 0.15) is 12.5 Å². The van der Waals surface area contributed by atoms with Gasteiger partial charge in [0, 0.05) is 17.3 Å². The van der Waals surface area contributed by atoms with Gasteiger partial charge in [-0.3, -0.25) is 4.79 Å². The van der Waals surface area contributed by atoms with Gasteiger partial charge in [0.25, 0.3) is 5.91 Å². The number of ether oxygens (including phenoxy) is 4. The quantitative estimate of drug-likeness (QED) is 0.630. The summed E-state index contributed by atoms with van der Waals surface area (Å²) in [7, 11) is 0. The standard InChI is InChI=1S/C20H20N2O6/c1-13(14-2-4-16-18(10-14)26-8-6-24-16)22-28-12-20(23)21-15-3-5-17-19(11-15)27-9-7-25-17/h2-5,10-11H,6-9,12H2,1H3,(H,21,23)/b22-13+. The van der Waals surface area contributed by atoms with Gasteiger partial charge in [-0.05, 0) is 37.3 Å². The van der Waals surface area contributed by atoms with Crippen LogP contribution in [-0.2, 0) is 9.63 Å². The van der Waals surface area contributed by atoms with E-state index in [1.807, 2.05) is 18.2 Å². The van der Waals surface area contributed by atoms with E-state index in [1.165, 1.54) is 0 Å². The monoisotopic (exact) mass is 384 g/mol. The second kappa shape index (κ2) is 8.08. The van der Waals surface area contributed by atoms with Crippen molar-refractivity contribution in [1.82, 2.24) is 0 Å². The highest BCUT2D eigenvalue weighted by Crippen LogP contribution is 2.33. The molecule has 0 fully saturated rings. The molecule has 0 unspecified atom stereocenters. The third kappa shape index (κ3) is 4.11. The molecule has 0 saturated carbocycles. The number of oxime groups is 1. The van der Waals surface area contributed by atoms with Crippen LogP contribution in [0.5, 0.6) is 23.0 Å². The van der Waals surface area contributed by atoms with Crippen LogP contribution in [0, 0.1) is 0 Å². The van der Waals surface area contributed by atoms with E-state index in [0.717, 1.165) is 5.56 Å². The first-order valence-electron chi connectivity index (χ1n) is 8.95. The maximum absolute atomic E-state index is 12.1. The van der Waals surface area contributed by atoms with Crippen molar-refractivity contribution in [2.45, 2.75) is 6.92 Å². The molecule has 4 rings (SSSR count). The number of nitrogens with zero attached hydrogens (tertiary/aromatic N) is 1. The number of rotatable bonds is 5. The Labute approximate surface area is 162 Å². The molecule has 1 N–H and O–H groups in total. The summed E-state index contributed by atoms with van der Waals surface area (Å²) in [5, 5.41) is 6.75. The van der Waals surface area contributed by atoms with Crippen molar-refractivity contribution in [3.05, 3.63) is 42.0 Å². The first kappa shape index (κ1) is 18.0. The van der Waals surface area contributed by atoms with E-state index in [4.69, 9.17) is 23.8 Å². The Hall–Kier alpha value is -3.42. The molecule has 2 aromatic rings. The first-order valence-corrected chi connectivity index (χ1v) is 8.95. The van der Waals surface area contributed by atoms with E-state index in [0.29, 0.717) is 60.8 Å². The van der Waals surface area contributed by atoms with Crippen LogP contribution in [0.2, 0.25) is 0 Å². The highest BCUT2D eigenvalue weighted by atomic mass is 16.6. The molecule has 28 heavy (non-hydrogen) atoms. The van der Waals surface area contributed by atoms with Crippen molar-refractivity contribution < 1.29 is 28.6 Å². The minimum Gasteiger partial charge on any atom is -0.486 e. The van der Waals surface area contributed by atoms with Gasteiger partial charge in [-0.25, -0.2) is 0 Å². The average molecular weight is 384 g/mol. The number of carbonyl (C=O) groups excluding carboxylic acids is 1. The molecule has 2 aromatic carbocycles. The predicted octanol–water partition coefficient (Wildman–Crippen LogP) is 2.61. The summed E-state index contributed by atoms with van der Waals surface area (Å²) in [6.07, 6.45) is 0. The molecule has 0 radical (unpaired) electrons. The van der Waals surface area contributed by atoms with Gasteiger partial charge in [0.1, 0.15) is 26.4 Å². The number of anilines is 1. The molecule has 2 heterocycles. The molecule has 8 heteroatoms. The largest absolute Gasteiger partial charge is 0.486 e. The Kier molecular flexibility index (Phi) is 5.18. The predicted molar refractivity (Wildman–Crippen MR) is 102 cm³/mol. The highest BCUT2D eigenvalue weighted by Gasteiger charge is 2.14. The van der Waals surface area contributed by atoms with Crippen LogP contribution >= 0.6 is 0 Å². The zero-order chi connectivity index (χ0) is 19.3. The molecule has 0 aliphatic carbocycles. The molecule has 0 bridgehead atoms. The van der Waals surface area contributed by atoms with E-state index in [9.17, 15) is 4.79 Å². The van der Waals surface area contributed by atoms with Crippen LogP contribution in [0.4, 0.5) is 5.69 Å². The number of fused-ring (bicyclic) bond motifs is 2. The fourth-order valence-electron chi connectivity index (χ4n) is 2.83. The summed E-state index contributed by atoms with van der Waals surface area (Å²) in [6, 6.07) is 10.8.